The van der Waals surface area contributed by atoms with Crippen molar-refractivity contribution in [2.24, 2.45) is 0 Å². The molecule has 0 spiro atoms. The lowest BCUT2D eigenvalue weighted by Gasteiger charge is -2.28. The average molecular weight is 426 g/mol. The van der Waals surface area contributed by atoms with E-state index in [2.05, 4.69) is 65.3 Å². The van der Waals surface area contributed by atoms with Crippen LogP contribution in [-0.4, -0.2) is 16.7 Å². The Morgan fingerprint density at radius 1 is 0.839 bits per heavy atom. The summed E-state index contributed by atoms with van der Waals surface area (Å²) in [5, 5.41) is 16.6. The summed E-state index contributed by atoms with van der Waals surface area (Å²) in [7, 11) is 0. The maximum atomic E-state index is 4.84. The summed E-state index contributed by atoms with van der Waals surface area (Å²) >= 11 is 1.83. The summed E-state index contributed by atoms with van der Waals surface area (Å²) in [5.74, 6) is 1.21. The summed E-state index contributed by atoms with van der Waals surface area (Å²) in [4.78, 5) is 0. The predicted molar refractivity (Wildman–Crippen MR) is 129 cm³/mol. The molecule has 1 fully saturated rings. The van der Waals surface area contributed by atoms with Gasteiger partial charge in [-0.15, -0.1) is 16.4 Å². The average Bonchev–Trinajstić information content (AvgIpc) is 3.34. The van der Waals surface area contributed by atoms with Gasteiger partial charge in [-0.2, -0.15) is 5.10 Å². The van der Waals surface area contributed by atoms with Gasteiger partial charge < -0.3 is 5.32 Å². The molecule has 2 aliphatic rings. The monoisotopic (exact) mass is 425 g/mol. The molecule has 1 aliphatic carbocycles. The standard InChI is InChI=1S/C27H27N3S/c1-2-4-18(5-3-1)19-6-8-20(9-7-19)26-27-24(13-15-31-27)25(29-30-26)22-10-11-23-17-28-14-12-21(23)16-22/h1-5,10-11,13,15-16,19-20,28H,6-9,12,14,17H2. The van der Waals surface area contributed by atoms with E-state index >= 15 is 0 Å². The van der Waals surface area contributed by atoms with Crippen LogP contribution in [0, 0.1) is 0 Å². The van der Waals surface area contributed by atoms with Gasteiger partial charge in [-0.1, -0.05) is 42.5 Å². The first-order chi connectivity index (χ1) is 15.4. The van der Waals surface area contributed by atoms with Crippen LogP contribution >= 0.6 is 11.3 Å². The van der Waals surface area contributed by atoms with Crippen LogP contribution in [0.25, 0.3) is 21.3 Å². The SMILES string of the molecule is c1ccc(C2CCC(c3nnc(-c4ccc5c(c4)CCNC5)c4ccsc34)CC2)cc1. The zero-order valence-corrected chi connectivity index (χ0v) is 18.5. The van der Waals surface area contributed by atoms with Gasteiger partial charge >= 0.3 is 0 Å². The topological polar surface area (TPSA) is 37.8 Å². The van der Waals surface area contributed by atoms with Gasteiger partial charge in [0.05, 0.1) is 10.4 Å². The van der Waals surface area contributed by atoms with E-state index in [1.807, 2.05) is 11.3 Å². The molecule has 0 unspecified atom stereocenters. The quantitative estimate of drug-likeness (QED) is 0.410. The number of benzene rings is 2. The minimum atomic E-state index is 0.525. The van der Waals surface area contributed by atoms with Crippen molar-refractivity contribution in [1.82, 2.24) is 15.5 Å². The van der Waals surface area contributed by atoms with Gasteiger partial charge in [-0.3, -0.25) is 0 Å². The minimum absolute atomic E-state index is 0.525. The summed E-state index contributed by atoms with van der Waals surface area (Å²) in [6.07, 6.45) is 5.97. The largest absolute Gasteiger partial charge is 0.312 e. The molecular weight excluding hydrogens is 398 g/mol. The molecule has 156 valence electrons. The van der Waals surface area contributed by atoms with Crippen molar-refractivity contribution in [2.45, 2.75) is 50.5 Å². The fourth-order valence-electron chi connectivity index (χ4n) is 5.43. The number of rotatable bonds is 3. The van der Waals surface area contributed by atoms with E-state index in [0.717, 1.165) is 25.2 Å². The highest BCUT2D eigenvalue weighted by Gasteiger charge is 2.27. The number of fused-ring (bicyclic) bond motifs is 2. The molecule has 3 heterocycles. The first kappa shape index (κ1) is 19.1. The third-order valence-corrected chi connectivity index (χ3v) is 8.10. The Morgan fingerprint density at radius 2 is 1.68 bits per heavy atom. The van der Waals surface area contributed by atoms with Gasteiger partial charge in [0.2, 0.25) is 0 Å². The van der Waals surface area contributed by atoms with Gasteiger partial charge in [0.25, 0.3) is 0 Å². The Morgan fingerprint density at radius 3 is 2.55 bits per heavy atom. The van der Waals surface area contributed by atoms with Crippen molar-refractivity contribution in [3.63, 3.8) is 0 Å². The molecule has 0 saturated heterocycles. The number of hydrogen-bond acceptors (Lipinski definition) is 4. The molecule has 4 heteroatoms. The molecule has 0 atom stereocenters. The molecule has 0 bridgehead atoms. The van der Waals surface area contributed by atoms with Crippen LogP contribution in [0.1, 0.15) is 59.9 Å². The van der Waals surface area contributed by atoms with E-state index in [9.17, 15) is 0 Å². The van der Waals surface area contributed by atoms with Crippen LogP contribution in [-0.2, 0) is 13.0 Å². The molecular formula is C27H27N3S. The van der Waals surface area contributed by atoms with Crippen molar-refractivity contribution in [3.05, 3.63) is 82.4 Å². The van der Waals surface area contributed by atoms with E-state index in [1.54, 1.807) is 0 Å². The second kappa shape index (κ2) is 8.18. The molecule has 31 heavy (non-hydrogen) atoms. The highest BCUT2D eigenvalue weighted by Crippen LogP contribution is 2.43. The lowest BCUT2D eigenvalue weighted by atomic mass is 9.77. The van der Waals surface area contributed by atoms with E-state index < -0.39 is 0 Å². The fraction of sp³-hybridized carbons (Fsp3) is 0.333. The molecule has 1 aliphatic heterocycles. The van der Waals surface area contributed by atoms with E-state index in [4.69, 9.17) is 10.2 Å². The third kappa shape index (κ3) is 3.58. The second-order valence-electron chi connectivity index (χ2n) is 8.97. The van der Waals surface area contributed by atoms with Gasteiger partial charge in [0.1, 0.15) is 5.69 Å². The first-order valence-electron chi connectivity index (χ1n) is 11.5. The third-order valence-electron chi connectivity index (χ3n) is 7.16. The van der Waals surface area contributed by atoms with Crippen LogP contribution < -0.4 is 5.32 Å². The van der Waals surface area contributed by atoms with Crippen molar-refractivity contribution in [2.75, 3.05) is 6.54 Å². The molecule has 1 N–H and O–H groups in total. The summed E-state index contributed by atoms with van der Waals surface area (Å²) in [5.41, 5.74) is 7.82. The smallest absolute Gasteiger partial charge is 0.102 e. The summed E-state index contributed by atoms with van der Waals surface area (Å²) in [6, 6.07) is 20.1. The Kier molecular flexibility index (Phi) is 5.05. The van der Waals surface area contributed by atoms with Crippen molar-refractivity contribution < 1.29 is 0 Å². The Bertz CT molecular complexity index is 1210. The van der Waals surface area contributed by atoms with Crippen molar-refractivity contribution >= 4 is 21.4 Å². The highest BCUT2D eigenvalue weighted by molar-refractivity contribution is 7.17. The number of thiophene rings is 1. The Labute approximate surface area is 187 Å². The van der Waals surface area contributed by atoms with Gasteiger partial charge in [-0.05, 0) is 78.8 Å². The molecule has 2 aromatic carbocycles. The van der Waals surface area contributed by atoms with Crippen LogP contribution in [0.15, 0.2) is 60.0 Å². The maximum Gasteiger partial charge on any atom is 0.102 e. The van der Waals surface area contributed by atoms with Crippen LogP contribution in [0.2, 0.25) is 0 Å². The summed E-state index contributed by atoms with van der Waals surface area (Å²) in [6.45, 7) is 2.03. The van der Waals surface area contributed by atoms with E-state index in [-0.39, 0.29) is 0 Å². The molecule has 0 radical (unpaired) electrons. The zero-order chi connectivity index (χ0) is 20.6. The predicted octanol–water partition coefficient (Wildman–Crippen LogP) is 6.45. The molecule has 1 saturated carbocycles. The molecule has 2 aromatic heterocycles. The van der Waals surface area contributed by atoms with Crippen LogP contribution in [0.5, 0.6) is 0 Å². The molecule has 6 rings (SSSR count). The highest BCUT2D eigenvalue weighted by atomic mass is 32.1. The van der Waals surface area contributed by atoms with Gasteiger partial charge in [0.15, 0.2) is 0 Å². The molecule has 4 aromatic rings. The Hall–Kier alpha value is -2.56. The molecule has 3 nitrogen and oxygen atoms in total. The van der Waals surface area contributed by atoms with Crippen molar-refractivity contribution in [1.29, 1.82) is 0 Å². The zero-order valence-electron chi connectivity index (χ0n) is 17.7. The number of nitrogens with one attached hydrogen (secondary N) is 1. The van der Waals surface area contributed by atoms with Gasteiger partial charge in [0, 0.05) is 23.4 Å². The number of nitrogens with zero attached hydrogens (tertiary/aromatic N) is 2. The van der Waals surface area contributed by atoms with E-state index in [0.29, 0.717) is 11.8 Å². The number of aromatic nitrogens is 2. The van der Waals surface area contributed by atoms with E-state index in [1.165, 1.54) is 63.7 Å². The first-order valence-corrected chi connectivity index (χ1v) is 12.4. The minimum Gasteiger partial charge on any atom is -0.312 e. The maximum absolute atomic E-state index is 4.84. The number of hydrogen-bond donors (Lipinski definition) is 1. The van der Waals surface area contributed by atoms with Crippen LogP contribution in [0.3, 0.4) is 0 Å². The van der Waals surface area contributed by atoms with Crippen LogP contribution in [0.4, 0.5) is 0 Å². The lowest BCUT2D eigenvalue weighted by Crippen LogP contribution is -2.23. The Balaban J connectivity index is 1.29. The van der Waals surface area contributed by atoms with Crippen molar-refractivity contribution in [3.8, 4) is 11.3 Å². The fourth-order valence-corrected chi connectivity index (χ4v) is 6.39. The second-order valence-corrected chi connectivity index (χ2v) is 9.88. The van der Waals surface area contributed by atoms with Gasteiger partial charge in [-0.25, -0.2) is 0 Å². The normalized spacial score (nSPS) is 21.2. The lowest BCUT2D eigenvalue weighted by molar-refractivity contribution is 0.391. The molecule has 0 amide bonds. The summed E-state index contributed by atoms with van der Waals surface area (Å²) < 4.78 is 1.34.